The van der Waals surface area contributed by atoms with E-state index in [4.69, 9.17) is 9.47 Å². The van der Waals surface area contributed by atoms with Gasteiger partial charge in [0.2, 0.25) is 11.8 Å². The van der Waals surface area contributed by atoms with Crippen LogP contribution in [0.1, 0.15) is 48.2 Å². The number of carbonyl (C=O) groups is 1. The Hall–Kier alpha value is -5.58. The molecule has 2 aliphatic rings. The fourth-order valence-corrected chi connectivity index (χ4v) is 5.79. The highest BCUT2D eigenvalue weighted by Gasteiger charge is 2.19. The summed E-state index contributed by atoms with van der Waals surface area (Å²) in [5.74, 6) is 3.27. The van der Waals surface area contributed by atoms with Gasteiger partial charge in [-0.15, -0.1) is 17.5 Å². The zero-order chi connectivity index (χ0) is 35.3. The molecule has 0 spiro atoms. The summed E-state index contributed by atoms with van der Waals surface area (Å²) in [6.07, 6.45) is 9.95. The van der Waals surface area contributed by atoms with Crippen molar-refractivity contribution in [1.29, 1.82) is 0 Å². The molecule has 0 atom stereocenters. The maximum absolute atomic E-state index is 12.4. The standard InChI is InChI=1S/C23H23N5O2.C18H20N2O.ClH/c1-17-5-2-9-22(25-17)30-20-7-3-6-19(16-20)15-18-10-13-28(14-11-18)23(29)26-21-8-4-12-24-27-21;1-14-4-2-7-18(20-14)21-17-6-3-5-16(13-17)12-15-8-10-19-11-9-15;/h2-9,12,15-16H,10-11,13-14H2,1H3,(H,26,27,29);2-7,12-13,19H,8-11H2,1H3;1H. The van der Waals surface area contributed by atoms with E-state index in [1.165, 1.54) is 16.7 Å². The highest BCUT2D eigenvalue weighted by molar-refractivity contribution is 5.88. The molecular formula is C41H44ClN7O3. The number of pyridine rings is 2. The van der Waals surface area contributed by atoms with Crippen LogP contribution in [0.4, 0.5) is 10.6 Å². The highest BCUT2D eigenvalue weighted by atomic mass is 35.5. The van der Waals surface area contributed by atoms with Crippen molar-refractivity contribution in [3.8, 4) is 23.3 Å². The number of amides is 2. The van der Waals surface area contributed by atoms with Gasteiger partial charge in [0.1, 0.15) is 11.5 Å². The first-order valence-corrected chi connectivity index (χ1v) is 17.3. The number of hydrogen-bond donors (Lipinski definition) is 2. The lowest BCUT2D eigenvalue weighted by molar-refractivity contribution is 0.207. The van der Waals surface area contributed by atoms with Crippen LogP contribution in [-0.4, -0.2) is 57.3 Å². The Morgan fingerprint density at radius 3 is 1.77 bits per heavy atom. The molecule has 0 saturated carbocycles. The lowest BCUT2D eigenvalue weighted by atomic mass is 10.0. The van der Waals surface area contributed by atoms with Gasteiger partial charge in [0, 0.05) is 42.8 Å². The number of carbonyl (C=O) groups excluding carboxylic acids is 1. The number of hydrogen-bond acceptors (Lipinski definition) is 8. The maximum Gasteiger partial charge on any atom is 0.323 e. The molecule has 7 rings (SSSR count). The Morgan fingerprint density at radius 2 is 1.25 bits per heavy atom. The van der Waals surface area contributed by atoms with E-state index in [9.17, 15) is 4.79 Å². The number of ether oxygens (including phenoxy) is 2. The predicted molar refractivity (Wildman–Crippen MR) is 208 cm³/mol. The Balaban J connectivity index is 0.000000209. The Morgan fingerprint density at radius 1 is 0.712 bits per heavy atom. The van der Waals surface area contributed by atoms with Crippen molar-refractivity contribution < 1.29 is 14.3 Å². The fourth-order valence-electron chi connectivity index (χ4n) is 5.79. The van der Waals surface area contributed by atoms with Gasteiger partial charge in [-0.25, -0.2) is 14.8 Å². The molecule has 2 N–H and O–H groups in total. The molecule has 11 heteroatoms. The average molecular weight is 718 g/mol. The molecule has 0 bridgehead atoms. The molecule has 2 aromatic carbocycles. The maximum atomic E-state index is 12.4. The summed E-state index contributed by atoms with van der Waals surface area (Å²) < 4.78 is 11.7. The average Bonchev–Trinajstić information content (AvgIpc) is 3.13. The second-order valence-corrected chi connectivity index (χ2v) is 12.5. The lowest BCUT2D eigenvalue weighted by Gasteiger charge is -2.28. The van der Waals surface area contributed by atoms with E-state index in [1.807, 2.05) is 80.6 Å². The second kappa shape index (κ2) is 19.1. The molecule has 2 aliphatic heterocycles. The van der Waals surface area contributed by atoms with Crippen LogP contribution < -0.4 is 20.1 Å². The van der Waals surface area contributed by atoms with Gasteiger partial charge in [-0.05, 0) is 112 Å². The van der Waals surface area contributed by atoms with Gasteiger partial charge in [0.05, 0.1) is 0 Å². The van der Waals surface area contributed by atoms with E-state index in [2.05, 4.69) is 61.2 Å². The number of anilines is 1. The SMILES string of the molecule is Cc1cccc(Oc2cccc(C=C3CCN(C(=O)Nc4cccnn4)CC3)c2)n1.Cc1cccc(Oc2cccc(C=C3CCNCC3)c2)n1.Cl. The van der Waals surface area contributed by atoms with E-state index < -0.39 is 0 Å². The molecule has 3 aromatic heterocycles. The van der Waals surface area contributed by atoms with Crippen LogP contribution in [0, 0.1) is 13.8 Å². The minimum Gasteiger partial charge on any atom is -0.439 e. The minimum atomic E-state index is -0.143. The van der Waals surface area contributed by atoms with Crippen molar-refractivity contribution >= 4 is 36.4 Å². The molecule has 0 unspecified atom stereocenters. The number of likely N-dealkylation sites (tertiary alicyclic amines) is 1. The van der Waals surface area contributed by atoms with E-state index >= 15 is 0 Å². The molecule has 2 fully saturated rings. The smallest absolute Gasteiger partial charge is 0.323 e. The molecule has 52 heavy (non-hydrogen) atoms. The third-order valence-corrected chi connectivity index (χ3v) is 8.37. The number of rotatable bonds is 7. The van der Waals surface area contributed by atoms with Gasteiger partial charge in [0.25, 0.3) is 0 Å². The quantitative estimate of drug-likeness (QED) is 0.171. The topological polar surface area (TPSA) is 114 Å². The fraction of sp³-hybridized carbons (Fsp3) is 0.244. The molecule has 2 amide bonds. The first-order chi connectivity index (χ1) is 24.9. The molecule has 5 heterocycles. The van der Waals surface area contributed by atoms with E-state index in [-0.39, 0.29) is 18.4 Å². The van der Waals surface area contributed by atoms with Crippen molar-refractivity contribution in [1.82, 2.24) is 30.4 Å². The first-order valence-electron chi connectivity index (χ1n) is 17.3. The number of piperidine rings is 2. The molecule has 268 valence electrons. The number of nitrogens with zero attached hydrogens (tertiary/aromatic N) is 5. The largest absolute Gasteiger partial charge is 0.439 e. The van der Waals surface area contributed by atoms with Gasteiger partial charge in [-0.1, -0.05) is 59.7 Å². The predicted octanol–water partition coefficient (Wildman–Crippen LogP) is 9.05. The third-order valence-electron chi connectivity index (χ3n) is 8.37. The number of urea groups is 1. The van der Waals surface area contributed by atoms with E-state index in [0.717, 1.165) is 67.2 Å². The van der Waals surface area contributed by atoms with Crippen molar-refractivity contribution in [2.24, 2.45) is 0 Å². The minimum absolute atomic E-state index is 0. The summed E-state index contributed by atoms with van der Waals surface area (Å²) in [7, 11) is 0. The summed E-state index contributed by atoms with van der Waals surface area (Å²) in [4.78, 5) is 22.9. The molecule has 2 saturated heterocycles. The van der Waals surface area contributed by atoms with Gasteiger partial charge < -0.3 is 19.7 Å². The summed E-state index contributed by atoms with van der Waals surface area (Å²) >= 11 is 0. The lowest BCUT2D eigenvalue weighted by Crippen LogP contribution is -2.39. The van der Waals surface area contributed by atoms with Crippen LogP contribution in [0.5, 0.6) is 23.3 Å². The second-order valence-electron chi connectivity index (χ2n) is 12.5. The zero-order valence-electron chi connectivity index (χ0n) is 29.5. The first kappa shape index (κ1) is 37.7. The van der Waals surface area contributed by atoms with E-state index in [1.54, 1.807) is 23.2 Å². The van der Waals surface area contributed by atoms with Crippen LogP contribution in [0.15, 0.2) is 114 Å². The Bertz CT molecular complexity index is 1970. The van der Waals surface area contributed by atoms with Gasteiger partial charge >= 0.3 is 6.03 Å². The molecule has 5 aromatic rings. The van der Waals surface area contributed by atoms with Gasteiger partial charge in [0.15, 0.2) is 5.82 Å². The number of nitrogens with one attached hydrogen (secondary N) is 2. The summed E-state index contributed by atoms with van der Waals surface area (Å²) in [6, 6.07) is 31.0. The number of halogens is 1. The number of aromatic nitrogens is 4. The summed E-state index contributed by atoms with van der Waals surface area (Å²) in [5, 5.41) is 13.8. The molecule has 0 radical (unpaired) electrons. The van der Waals surface area contributed by atoms with Crippen molar-refractivity contribution in [3.05, 3.63) is 137 Å². The summed E-state index contributed by atoms with van der Waals surface area (Å²) in [6.45, 7) is 7.39. The van der Waals surface area contributed by atoms with Crippen LogP contribution in [0.2, 0.25) is 0 Å². The van der Waals surface area contributed by atoms with Crippen LogP contribution in [0.25, 0.3) is 12.2 Å². The van der Waals surface area contributed by atoms with Crippen molar-refractivity contribution in [2.75, 3.05) is 31.5 Å². The Kier molecular flexibility index (Phi) is 13.9. The number of benzene rings is 2. The monoisotopic (exact) mass is 717 g/mol. The highest BCUT2D eigenvalue weighted by Crippen LogP contribution is 2.26. The van der Waals surface area contributed by atoms with Crippen molar-refractivity contribution in [3.63, 3.8) is 0 Å². The van der Waals surface area contributed by atoms with Crippen LogP contribution in [0.3, 0.4) is 0 Å². The molecular weight excluding hydrogens is 674 g/mol. The number of aryl methyl sites for hydroxylation is 2. The Labute approximate surface area is 311 Å². The van der Waals surface area contributed by atoms with E-state index in [0.29, 0.717) is 30.7 Å². The van der Waals surface area contributed by atoms with Gasteiger partial charge in [-0.2, -0.15) is 5.10 Å². The normalized spacial score (nSPS) is 13.8. The molecule has 0 aliphatic carbocycles. The van der Waals surface area contributed by atoms with Gasteiger partial charge in [-0.3, -0.25) is 5.32 Å². The molecule has 10 nitrogen and oxygen atoms in total. The summed E-state index contributed by atoms with van der Waals surface area (Å²) in [5.41, 5.74) is 6.95. The van der Waals surface area contributed by atoms with Crippen LogP contribution in [-0.2, 0) is 0 Å². The van der Waals surface area contributed by atoms with Crippen LogP contribution >= 0.6 is 12.4 Å². The third kappa shape index (κ3) is 11.8. The zero-order valence-corrected chi connectivity index (χ0v) is 30.3. The van der Waals surface area contributed by atoms with Crippen molar-refractivity contribution in [2.45, 2.75) is 39.5 Å².